The second kappa shape index (κ2) is 8.46. The highest BCUT2D eigenvalue weighted by atomic mass is 35.5. The van der Waals surface area contributed by atoms with Gasteiger partial charge >= 0.3 is 0 Å². The molecule has 4 nitrogen and oxygen atoms in total. The number of carbonyl (C=O) groups excluding carboxylic acids is 1. The lowest BCUT2D eigenvalue weighted by Gasteiger charge is -2.27. The number of benzene rings is 2. The molecule has 0 unspecified atom stereocenters. The van der Waals surface area contributed by atoms with Crippen LogP contribution in [0, 0.1) is 0 Å². The summed E-state index contributed by atoms with van der Waals surface area (Å²) in [5.74, 6) is 1.25. The molecule has 1 aromatic heterocycles. The maximum Gasteiger partial charge on any atom is 0.254 e. The topological polar surface area (TPSA) is 42.7 Å². The summed E-state index contributed by atoms with van der Waals surface area (Å²) in [6, 6.07) is 20.9. The van der Waals surface area contributed by atoms with Gasteiger partial charge in [0.1, 0.15) is 11.5 Å². The summed E-state index contributed by atoms with van der Waals surface area (Å²) in [6.07, 6.45) is 1.80. The fourth-order valence-electron chi connectivity index (χ4n) is 3.20. The number of amides is 1. The van der Waals surface area contributed by atoms with Crippen LogP contribution in [0.2, 0.25) is 5.02 Å². The Balaban J connectivity index is 1.70. The van der Waals surface area contributed by atoms with E-state index in [0.717, 1.165) is 11.1 Å². The number of morpholine rings is 1. The summed E-state index contributed by atoms with van der Waals surface area (Å²) >= 11 is 6.27. The zero-order valence-corrected chi connectivity index (χ0v) is 16.1. The SMILES string of the molecule is O=C(/C(=C/c1ccc(-c2ccccc2Cl)o1)c1ccccc1)N1CCOCC1. The first-order chi connectivity index (χ1) is 13.7. The molecule has 0 aliphatic carbocycles. The molecule has 2 aromatic carbocycles. The molecule has 0 atom stereocenters. The molecule has 3 aromatic rings. The number of rotatable bonds is 4. The number of hydrogen-bond donors (Lipinski definition) is 0. The summed E-state index contributed by atoms with van der Waals surface area (Å²) in [7, 11) is 0. The third kappa shape index (κ3) is 4.03. The quantitative estimate of drug-likeness (QED) is 0.586. The van der Waals surface area contributed by atoms with Crippen LogP contribution in [-0.2, 0) is 9.53 Å². The van der Waals surface area contributed by atoms with Gasteiger partial charge in [-0.15, -0.1) is 0 Å². The molecule has 2 heterocycles. The van der Waals surface area contributed by atoms with E-state index in [1.165, 1.54) is 0 Å². The maximum atomic E-state index is 13.2. The number of ether oxygens (including phenoxy) is 1. The average molecular weight is 394 g/mol. The minimum atomic E-state index is -0.0230. The predicted octanol–water partition coefficient (Wildman–Crippen LogP) is 5.00. The molecule has 4 rings (SSSR count). The van der Waals surface area contributed by atoms with Crippen molar-refractivity contribution in [3.05, 3.63) is 83.1 Å². The average Bonchev–Trinajstić information content (AvgIpc) is 3.21. The molecule has 1 aliphatic rings. The van der Waals surface area contributed by atoms with Crippen molar-refractivity contribution in [2.24, 2.45) is 0 Å². The first-order valence-electron chi connectivity index (χ1n) is 9.21. The van der Waals surface area contributed by atoms with E-state index >= 15 is 0 Å². The molecule has 142 valence electrons. The maximum absolute atomic E-state index is 13.2. The van der Waals surface area contributed by atoms with Gasteiger partial charge in [0.2, 0.25) is 0 Å². The first-order valence-corrected chi connectivity index (χ1v) is 9.59. The van der Waals surface area contributed by atoms with Gasteiger partial charge in [0.15, 0.2) is 0 Å². The first kappa shape index (κ1) is 18.5. The van der Waals surface area contributed by atoms with Crippen molar-refractivity contribution in [1.82, 2.24) is 4.90 Å². The van der Waals surface area contributed by atoms with Gasteiger partial charge in [-0.05, 0) is 35.9 Å². The Kier molecular flexibility index (Phi) is 5.60. The number of nitrogens with zero attached hydrogens (tertiary/aromatic N) is 1. The van der Waals surface area contributed by atoms with E-state index in [1.54, 1.807) is 6.08 Å². The lowest BCUT2D eigenvalue weighted by atomic mass is 10.0. The summed E-state index contributed by atoms with van der Waals surface area (Å²) in [6.45, 7) is 2.30. The third-order valence-electron chi connectivity index (χ3n) is 4.67. The van der Waals surface area contributed by atoms with Crippen LogP contribution in [0.15, 0.2) is 71.1 Å². The van der Waals surface area contributed by atoms with Crippen LogP contribution in [-0.4, -0.2) is 37.1 Å². The van der Waals surface area contributed by atoms with Crippen molar-refractivity contribution in [1.29, 1.82) is 0 Å². The zero-order chi connectivity index (χ0) is 19.3. The van der Waals surface area contributed by atoms with Crippen molar-refractivity contribution in [2.45, 2.75) is 0 Å². The van der Waals surface area contributed by atoms with E-state index in [-0.39, 0.29) is 5.91 Å². The number of halogens is 1. The van der Waals surface area contributed by atoms with E-state index in [2.05, 4.69) is 0 Å². The van der Waals surface area contributed by atoms with Gasteiger partial charge < -0.3 is 14.1 Å². The third-order valence-corrected chi connectivity index (χ3v) is 5.00. The van der Waals surface area contributed by atoms with Crippen LogP contribution < -0.4 is 0 Å². The molecule has 1 amide bonds. The molecule has 1 aliphatic heterocycles. The zero-order valence-electron chi connectivity index (χ0n) is 15.3. The number of carbonyl (C=O) groups is 1. The van der Waals surface area contributed by atoms with E-state index in [9.17, 15) is 4.79 Å². The molecule has 5 heteroatoms. The van der Waals surface area contributed by atoms with Crippen LogP contribution in [0.1, 0.15) is 11.3 Å². The molecule has 0 saturated carbocycles. The summed E-state index contributed by atoms with van der Waals surface area (Å²) in [4.78, 5) is 15.0. The summed E-state index contributed by atoms with van der Waals surface area (Å²) in [5, 5.41) is 0.625. The van der Waals surface area contributed by atoms with Crippen LogP contribution >= 0.6 is 11.6 Å². The second-order valence-corrected chi connectivity index (χ2v) is 6.92. The van der Waals surface area contributed by atoms with E-state index in [1.807, 2.05) is 71.6 Å². The Labute approximate surface area is 169 Å². The standard InChI is InChI=1S/C23H20ClNO3/c24-21-9-5-4-8-19(21)22-11-10-18(28-22)16-20(17-6-2-1-3-7-17)23(26)25-12-14-27-15-13-25/h1-11,16H,12-15H2/b20-16+. The van der Waals surface area contributed by atoms with Crippen LogP contribution in [0.4, 0.5) is 0 Å². The van der Waals surface area contributed by atoms with E-state index in [4.69, 9.17) is 20.8 Å². The van der Waals surface area contributed by atoms with Gasteiger partial charge in [0, 0.05) is 18.7 Å². The molecule has 0 N–H and O–H groups in total. The van der Waals surface area contributed by atoms with E-state index in [0.29, 0.717) is 48.4 Å². The molecular weight excluding hydrogens is 374 g/mol. The number of hydrogen-bond acceptors (Lipinski definition) is 3. The Bertz CT molecular complexity index is 988. The minimum absolute atomic E-state index is 0.0230. The Morgan fingerprint density at radius 1 is 0.929 bits per heavy atom. The van der Waals surface area contributed by atoms with Crippen LogP contribution in [0.25, 0.3) is 23.0 Å². The summed E-state index contributed by atoms with van der Waals surface area (Å²) < 4.78 is 11.4. The van der Waals surface area contributed by atoms with Crippen molar-refractivity contribution in [3.8, 4) is 11.3 Å². The van der Waals surface area contributed by atoms with Gasteiger partial charge in [0.25, 0.3) is 5.91 Å². The molecule has 0 spiro atoms. The fourth-order valence-corrected chi connectivity index (χ4v) is 3.43. The second-order valence-electron chi connectivity index (χ2n) is 6.51. The highest BCUT2D eigenvalue weighted by Crippen LogP contribution is 2.30. The van der Waals surface area contributed by atoms with Gasteiger partial charge in [0.05, 0.1) is 23.8 Å². The normalized spacial score (nSPS) is 14.9. The van der Waals surface area contributed by atoms with Crippen molar-refractivity contribution >= 4 is 29.2 Å². The van der Waals surface area contributed by atoms with Crippen molar-refractivity contribution in [2.75, 3.05) is 26.3 Å². The smallest absolute Gasteiger partial charge is 0.254 e. The lowest BCUT2D eigenvalue weighted by molar-refractivity contribution is -0.128. The van der Waals surface area contributed by atoms with Gasteiger partial charge in [-0.25, -0.2) is 0 Å². The Morgan fingerprint density at radius 3 is 2.39 bits per heavy atom. The molecular formula is C23H20ClNO3. The van der Waals surface area contributed by atoms with Gasteiger partial charge in [-0.3, -0.25) is 4.79 Å². The largest absolute Gasteiger partial charge is 0.457 e. The van der Waals surface area contributed by atoms with Gasteiger partial charge in [-0.1, -0.05) is 54.1 Å². The van der Waals surface area contributed by atoms with Crippen molar-refractivity contribution in [3.63, 3.8) is 0 Å². The monoisotopic (exact) mass is 393 g/mol. The highest BCUT2D eigenvalue weighted by Gasteiger charge is 2.22. The minimum Gasteiger partial charge on any atom is -0.457 e. The Hall–Kier alpha value is -2.82. The van der Waals surface area contributed by atoms with Gasteiger partial charge in [-0.2, -0.15) is 0 Å². The fraction of sp³-hybridized carbons (Fsp3) is 0.174. The predicted molar refractivity (Wildman–Crippen MR) is 111 cm³/mol. The van der Waals surface area contributed by atoms with E-state index < -0.39 is 0 Å². The molecule has 28 heavy (non-hydrogen) atoms. The Morgan fingerprint density at radius 2 is 1.64 bits per heavy atom. The lowest BCUT2D eigenvalue weighted by Crippen LogP contribution is -2.41. The van der Waals surface area contributed by atoms with Crippen LogP contribution in [0.5, 0.6) is 0 Å². The molecule has 0 bridgehead atoms. The molecule has 1 saturated heterocycles. The number of furan rings is 1. The highest BCUT2D eigenvalue weighted by molar-refractivity contribution is 6.33. The van der Waals surface area contributed by atoms with Crippen molar-refractivity contribution < 1.29 is 13.9 Å². The molecule has 0 radical (unpaired) electrons. The summed E-state index contributed by atoms with van der Waals surface area (Å²) in [5.41, 5.74) is 2.28. The van der Waals surface area contributed by atoms with Crippen LogP contribution in [0.3, 0.4) is 0 Å². The molecule has 1 fully saturated rings.